The van der Waals surface area contributed by atoms with Crippen molar-refractivity contribution in [2.24, 2.45) is 0 Å². The number of halogens is 11. The number of carbonyl (C=O) groups excluding carboxylic acids is 9. The molecule has 8 aromatic rings. The van der Waals surface area contributed by atoms with E-state index in [4.69, 9.17) is 43.5 Å². The van der Waals surface area contributed by atoms with Gasteiger partial charge in [0.1, 0.15) is 4.03 Å². The lowest BCUT2D eigenvalue weighted by atomic mass is 9.72. The highest BCUT2D eigenvalue weighted by molar-refractivity contribution is 9.93. The van der Waals surface area contributed by atoms with Crippen LogP contribution in [0.2, 0.25) is 0 Å². The van der Waals surface area contributed by atoms with E-state index in [1.54, 1.807) is 107 Å². The van der Waals surface area contributed by atoms with Crippen LogP contribution in [0.25, 0.3) is 22.3 Å². The van der Waals surface area contributed by atoms with Crippen LogP contribution in [0.1, 0.15) is 157 Å². The smallest absolute Gasteiger partial charge is 0.466 e. The predicted molar refractivity (Wildman–Crippen MR) is 456 cm³/mol. The van der Waals surface area contributed by atoms with Crippen LogP contribution in [0.4, 0.5) is 37.7 Å². The largest absolute Gasteiger partial charge is 0.471 e. The molecule has 0 bridgehead atoms. The standard InChI is InChI=1S/2C32H29F3N2O7.C12H17BrN2O2.C7H8BrNO2.CO2.Br3P/c2*1-3-43-28(40)15-31(16-29(41)44-4-2)26-13-19(5-6-20-11-22(17-38)36-23(12-20)18-39)7-9-24(26)25-10-8-21(14-27(25)31)37-30(42)32(33,34)35;1-3-10-5-9(13)6-11(15-10)7-14-8-12(16)17-4-2;8-5-1-6(3-10)9-7(2-5)4-11;2-1-3;1-4(2)3/h2*7-14,38-39H,3-4,15-18H2,1-2H3,(H,37,42);5-6,14H,3-4,7-8H2,1-2H3;1-2,10-11H,3-4H2;;. The number of fused-ring (bicyclic) bond motifs is 6. The molecular formula is C84H83Br5F6N7O20P. The molecule has 0 spiro atoms. The topological polar surface area (TPSA) is 409 Å². The zero-order valence-electron chi connectivity index (χ0n) is 66.6. The molecule has 4 aromatic carbocycles. The normalized spacial score (nSPS) is 11.8. The molecule has 2 aliphatic carbocycles. The van der Waals surface area contributed by atoms with E-state index < -0.39 is 58.9 Å². The second-order valence-electron chi connectivity index (χ2n) is 25.7. The number of aliphatic hydroxyl groups excluding tert-OH is 6. The fourth-order valence-corrected chi connectivity index (χ4v) is 13.7. The van der Waals surface area contributed by atoms with Gasteiger partial charge in [-0.3, -0.25) is 53.5 Å². The van der Waals surface area contributed by atoms with E-state index in [2.05, 4.69) is 134 Å². The molecule has 10 rings (SSSR count). The summed E-state index contributed by atoms with van der Waals surface area (Å²) in [6, 6.07) is 32.2. The second kappa shape index (κ2) is 51.0. The Bertz CT molecular complexity index is 4860. The van der Waals surface area contributed by atoms with Crippen LogP contribution in [0.3, 0.4) is 0 Å². The van der Waals surface area contributed by atoms with Gasteiger partial charge in [0.15, 0.2) is 0 Å². The quantitative estimate of drug-likeness (QED) is 0.00799. The van der Waals surface area contributed by atoms with Crippen molar-refractivity contribution < 1.29 is 124 Å². The lowest BCUT2D eigenvalue weighted by molar-refractivity contribution is -0.192. The zero-order valence-corrected chi connectivity index (χ0v) is 75.4. The second-order valence-corrected chi connectivity index (χ2v) is 42.9. The maximum absolute atomic E-state index is 13.0. The van der Waals surface area contributed by atoms with Crippen LogP contribution in [0.15, 0.2) is 130 Å². The molecule has 0 unspecified atom stereocenters. The minimum absolute atomic E-state index is 0.0544. The molecule has 656 valence electrons. The number of aliphatic hydroxyl groups is 6. The Labute approximate surface area is 744 Å². The highest BCUT2D eigenvalue weighted by Crippen LogP contribution is 2.59. The monoisotopic (exact) mass is 2050 g/mol. The van der Waals surface area contributed by atoms with Gasteiger partial charge in [-0.2, -0.15) is 35.9 Å². The Kier molecular flexibility index (Phi) is 43.1. The molecule has 123 heavy (non-hydrogen) atoms. The number of hydrogen-bond donors (Lipinski definition) is 9. The molecular weight excluding hydrogens is 1970 g/mol. The van der Waals surface area contributed by atoms with Crippen molar-refractivity contribution in [1.29, 1.82) is 0 Å². The van der Waals surface area contributed by atoms with Gasteiger partial charge in [-0.1, -0.05) is 86.7 Å². The maximum atomic E-state index is 13.0. The van der Waals surface area contributed by atoms with E-state index in [1.807, 2.05) is 22.8 Å². The summed E-state index contributed by atoms with van der Waals surface area (Å²) in [7, 11) is 0. The van der Waals surface area contributed by atoms with Crippen molar-refractivity contribution in [3.8, 4) is 45.9 Å². The molecule has 0 fully saturated rings. The first kappa shape index (κ1) is 104. The molecule has 0 atom stereocenters. The third-order valence-electron chi connectivity index (χ3n) is 17.3. The van der Waals surface area contributed by atoms with Crippen LogP contribution in [-0.4, -0.2) is 150 Å². The minimum atomic E-state index is -5.13. The van der Waals surface area contributed by atoms with Crippen molar-refractivity contribution in [1.82, 2.24) is 25.3 Å². The predicted octanol–water partition coefficient (Wildman–Crippen LogP) is 14.0. The summed E-state index contributed by atoms with van der Waals surface area (Å²) >= 11 is 16.2. The number of hydrogen-bond acceptors (Lipinski definition) is 25. The van der Waals surface area contributed by atoms with Gasteiger partial charge in [0.05, 0.1) is 145 Å². The van der Waals surface area contributed by atoms with Gasteiger partial charge in [-0.25, -0.2) is 0 Å². The lowest BCUT2D eigenvalue weighted by Crippen LogP contribution is -2.34. The van der Waals surface area contributed by atoms with Crippen LogP contribution in [-0.2, 0) is 130 Å². The molecule has 9 N–H and O–H groups in total. The summed E-state index contributed by atoms with van der Waals surface area (Å²) in [6.07, 6.45) is -10.5. The highest BCUT2D eigenvalue weighted by Gasteiger charge is 2.50. The van der Waals surface area contributed by atoms with Crippen molar-refractivity contribution in [3.63, 3.8) is 0 Å². The molecule has 39 heteroatoms. The van der Waals surface area contributed by atoms with E-state index in [0.717, 1.165) is 26.8 Å². The van der Waals surface area contributed by atoms with Crippen LogP contribution in [0, 0.1) is 23.7 Å². The first-order valence-corrected chi connectivity index (χ1v) is 46.0. The summed E-state index contributed by atoms with van der Waals surface area (Å²) in [5.74, 6) is 4.78. The average Bonchev–Trinajstić information content (AvgIpc) is 1.57. The summed E-state index contributed by atoms with van der Waals surface area (Å²) in [4.78, 5) is 119. The highest BCUT2D eigenvalue weighted by atomic mass is 80.0. The number of amides is 2. The van der Waals surface area contributed by atoms with Crippen molar-refractivity contribution in [3.05, 3.63) is 220 Å². The van der Waals surface area contributed by atoms with Gasteiger partial charge in [0.2, 0.25) is 0 Å². The molecule has 0 radical (unpaired) electrons. The number of rotatable bonds is 26. The average molecular weight is 2060 g/mol. The van der Waals surface area contributed by atoms with Gasteiger partial charge in [-0.15, -0.1) is 0 Å². The summed E-state index contributed by atoms with van der Waals surface area (Å²) in [6.45, 7) is 10.1. The third kappa shape index (κ3) is 31.8. The molecule has 27 nitrogen and oxygen atoms in total. The summed E-state index contributed by atoms with van der Waals surface area (Å²) < 4.78 is 106. The van der Waals surface area contributed by atoms with Crippen LogP contribution >= 0.6 is 82.4 Å². The Morgan fingerprint density at radius 2 is 0.650 bits per heavy atom. The van der Waals surface area contributed by atoms with E-state index in [9.17, 15) is 80.3 Å². The van der Waals surface area contributed by atoms with E-state index >= 15 is 0 Å². The van der Waals surface area contributed by atoms with Gasteiger partial charge in [0, 0.05) is 65.6 Å². The van der Waals surface area contributed by atoms with Crippen LogP contribution < -0.4 is 16.0 Å². The first-order chi connectivity index (χ1) is 58.4. The van der Waals surface area contributed by atoms with Gasteiger partial charge in [-0.05, 0) is 229 Å². The van der Waals surface area contributed by atoms with Crippen LogP contribution in [0.5, 0.6) is 0 Å². The number of nitrogens with zero attached hydrogens (tertiary/aromatic N) is 4. The fraction of sp³-hybridized carbons (Fsp3) is 0.333. The van der Waals surface area contributed by atoms with Crippen molar-refractivity contribution in [2.75, 3.05) is 50.2 Å². The van der Waals surface area contributed by atoms with Crippen molar-refractivity contribution >= 4 is 142 Å². The maximum Gasteiger partial charge on any atom is 0.471 e. The molecule has 2 amide bonds. The number of pyridine rings is 4. The number of nitrogens with one attached hydrogen (secondary N) is 3. The summed E-state index contributed by atoms with van der Waals surface area (Å²) in [5, 5.41) is 62.1. The lowest BCUT2D eigenvalue weighted by Gasteiger charge is -2.30. The van der Waals surface area contributed by atoms with Gasteiger partial charge >= 0.3 is 60.2 Å². The number of esters is 5. The fourth-order valence-electron chi connectivity index (χ4n) is 12.6. The molecule has 4 heterocycles. The van der Waals surface area contributed by atoms with E-state index in [1.165, 1.54) is 36.4 Å². The first-order valence-electron chi connectivity index (χ1n) is 37.0. The number of carbonyl (C=O) groups is 7. The molecule has 0 aliphatic heterocycles. The Hall–Kier alpha value is -9.60. The Balaban J connectivity index is 0.000000315. The Morgan fingerprint density at radius 1 is 0.390 bits per heavy atom. The number of alkyl halides is 6. The van der Waals surface area contributed by atoms with Gasteiger partial charge < -0.3 is 70.3 Å². The SMILES string of the molecule is BrP(Br)Br.CCOC(=O)CC1(CC(=O)OCC)c2cc(C#Cc3cc(CO)nc(CO)c3)ccc2-c2ccc(NC(=O)C(F)(F)F)cc21.CCOC(=O)CC1(CC(=O)OCC)c2cc(C#Cc3cc(CO)nc(CO)c3)ccc2-c2ccc(NC(=O)C(F)(F)F)cc21.CCOC(=O)CNCc1cc(Br)cc(CC)n1.O=C=O.OCc1cc(Br)cc(CO)n1. The number of benzene rings is 4. The van der Waals surface area contributed by atoms with E-state index in [0.29, 0.717) is 114 Å². The minimum Gasteiger partial charge on any atom is -0.466 e. The summed E-state index contributed by atoms with van der Waals surface area (Å²) in [5.41, 5.74) is 7.08. The molecule has 2 aliphatic rings. The third-order valence-corrected chi connectivity index (χ3v) is 18.2. The van der Waals surface area contributed by atoms with Crippen molar-refractivity contribution in [2.45, 2.75) is 143 Å². The molecule has 0 saturated carbocycles. The number of anilines is 2. The number of aryl methyl sites for hydroxylation is 1. The van der Waals surface area contributed by atoms with E-state index in [-0.39, 0.29) is 126 Å². The Morgan fingerprint density at radius 3 is 0.943 bits per heavy atom. The number of aromatic nitrogens is 4. The molecule has 4 aromatic heterocycles. The zero-order chi connectivity index (χ0) is 91.4. The molecule has 0 saturated heterocycles. The number of ether oxygens (including phenoxy) is 5. The van der Waals surface area contributed by atoms with Gasteiger partial charge in [0.25, 0.3) is 0 Å².